The first kappa shape index (κ1) is 14.1. The van der Waals surface area contributed by atoms with Crippen LogP contribution in [0.1, 0.15) is 57.4 Å². The average molecular weight is 309 g/mol. The predicted octanol–water partition coefficient (Wildman–Crippen LogP) is 5.77. The Balaban J connectivity index is 2.06. The van der Waals surface area contributed by atoms with Gasteiger partial charge in [0.15, 0.2) is 0 Å². The van der Waals surface area contributed by atoms with Crippen LogP contribution in [0.25, 0.3) is 0 Å². The Kier molecular flexibility index (Phi) is 4.89. The van der Waals surface area contributed by atoms with E-state index < -0.39 is 0 Å². The first-order chi connectivity index (χ1) is 8.77. The predicted molar refractivity (Wildman–Crippen MR) is 83.3 cm³/mol. The lowest BCUT2D eigenvalue weighted by Crippen LogP contribution is -2.25. The number of halogens is 1. The second-order valence-electron chi connectivity index (χ2n) is 5.81. The van der Waals surface area contributed by atoms with E-state index in [1.165, 1.54) is 37.4 Å². The molecule has 3 unspecified atom stereocenters. The van der Waals surface area contributed by atoms with Crippen LogP contribution in [0.4, 0.5) is 0 Å². The summed E-state index contributed by atoms with van der Waals surface area (Å²) in [6.07, 6.45) is 6.79. The molecular weight excluding hydrogens is 284 g/mol. The van der Waals surface area contributed by atoms with E-state index in [9.17, 15) is 0 Å². The zero-order chi connectivity index (χ0) is 13.0. The van der Waals surface area contributed by atoms with Crippen molar-refractivity contribution in [3.05, 3.63) is 35.9 Å². The molecule has 0 bridgehead atoms. The van der Waals surface area contributed by atoms with Gasteiger partial charge in [-0.25, -0.2) is 0 Å². The van der Waals surface area contributed by atoms with Gasteiger partial charge in [0.2, 0.25) is 0 Å². The van der Waals surface area contributed by atoms with Crippen molar-refractivity contribution in [2.45, 2.75) is 51.9 Å². The molecule has 1 aromatic rings. The molecule has 1 saturated carbocycles. The van der Waals surface area contributed by atoms with Gasteiger partial charge in [0.1, 0.15) is 0 Å². The molecule has 1 heteroatoms. The molecule has 1 aromatic carbocycles. The second kappa shape index (κ2) is 6.23. The van der Waals surface area contributed by atoms with Gasteiger partial charge < -0.3 is 0 Å². The van der Waals surface area contributed by atoms with Crippen LogP contribution in [0.15, 0.2) is 30.3 Å². The molecule has 0 saturated heterocycles. The topological polar surface area (TPSA) is 0 Å². The van der Waals surface area contributed by atoms with Crippen LogP contribution in [0.2, 0.25) is 0 Å². The highest BCUT2D eigenvalue weighted by molar-refractivity contribution is 9.09. The Morgan fingerprint density at radius 2 is 1.94 bits per heavy atom. The fourth-order valence-electron chi connectivity index (χ4n) is 3.35. The molecule has 100 valence electrons. The largest absolute Gasteiger partial charge is 0.0922 e. The highest BCUT2D eigenvalue weighted by atomic mass is 79.9. The van der Waals surface area contributed by atoms with Gasteiger partial charge in [0.05, 0.1) is 0 Å². The van der Waals surface area contributed by atoms with Crippen molar-refractivity contribution < 1.29 is 0 Å². The lowest BCUT2D eigenvalue weighted by Gasteiger charge is -2.32. The minimum absolute atomic E-state index is 0.538. The molecule has 0 amide bonds. The molecule has 0 nitrogen and oxygen atoms in total. The van der Waals surface area contributed by atoms with Gasteiger partial charge in [-0.05, 0) is 42.1 Å². The summed E-state index contributed by atoms with van der Waals surface area (Å²) in [7, 11) is 0. The van der Waals surface area contributed by atoms with E-state index >= 15 is 0 Å². The van der Waals surface area contributed by atoms with Crippen LogP contribution < -0.4 is 0 Å². The van der Waals surface area contributed by atoms with Crippen molar-refractivity contribution in [1.29, 1.82) is 0 Å². The van der Waals surface area contributed by atoms with Crippen molar-refractivity contribution in [3.63, 3.8) is 0 Å². The normalized spacial score (nSPS) is 25.7. The van der Waals surface area contributed by atoms with Crippen molar-refractivity contribution in [2.24, 2.45) is 11.3 Å². The van der Waals surface area contributed by atoms with Gasteiger partial charge in [-0.15, -0.1) is 0 Å². The third-order valence-corrected chi connectivity index (χ3v) is 5.92. The molecule has 0 N–H and O–H groups in total. The monoisotopic (exact) mass is 308 g/mol. The molecule has 0 radical (unpaired) electrons. The van der Waals surface area contributed by atoms with E-state index in [2.05, 4.69) is 60.1 Å². The Morgan fingerprint density at radius 3 is 2.50 bits per heavy atom. The number of hydrogen-bond donors (Lipinski definition) is 0. The minimum atomic E-state index is 0.538. The average Bonchev–Trinajstić information content (AvgIpc) is 3.23. The van der Waals surface area contributed by atoms with Crippen molar-refractivity contribution in [3.8, 4) is 0 Å². The lowest BCUT2D eigenvalue weighted by atomic mass is 9.76. The summed E-state index contributed by atoms with van der Waals surface area (Å²) in [5.74, 6) is 1.72. The van der Waals surface area contributed by atoms with E-state index in [0.29, 0.717) is 5.41 Å². The second-order valence-corrected chi connectivity index (χ2v) is 6.37. The summed E-state index contributed by atoms with van der Waals surface area (Å²) < 4.78 is 0. The Hall–Kier alpha value is -0.300. The smallest absolute Gasteiger partial charge is 0.00907 e. The molecule has 0 aliphatic heterocycles. The molecule has 0 aromatic heterocycles. The first-order valence-electron chi connectivity index (χ1n) is 7.38. The molecule has 18 heavy (non-hydrogen) atoms. The number of hydrogen-bond acceptors (Lipinski definition) is 0. The minimum Gasteiger partial charge on any atom is -0.0922 e. The molecule has 0 spiro atoms. The highest BCUT2D eigenvalue weighted by Crippen LogP contribution is 2.60. The third kappa shape index (κ3) is 2.82. The lowest BCUT2D eigenvalue weighted by molar-refractivity contribution is 0.236. The summed E-state index contributed by atoms with van der Waals surface area (Å²) in [6, 6.07) is 11.1. The van der Waals surface area contributed by atoms with Crippen LogP contribution in [0.3, 0.4) is 0 Å². The van der Waals surface area contributed by atoms with E-state index in [1.54, 1.807) is 5.56 Å². The highest BCUT2D eigenvalue weighted by Gasteiger charge is 2.50. The maximum absolute atomic E-state index is 3.80. The van der Waals surface area contributed by atoms with Gasteiger partial charge in [-0.3, -0.25) is 0 Å². The summed E-state index contributed by atoms with van der Waals surface area (Å²) in [6.45, 7) is 4.67. The summed E-state index contributed by atoms with van der Waals surface area (Å²) in [5, 5.41) is 1.17. The Bertz CT molecular complexity index is 353. The zero-order valence-corrected chi connectivity index (χ0v) is 13.2. The SMILES string of the molecule is CCCCC(CC)(CBr)C1CC1c1ccccc1. The van der Waals surface area contributed by atoms with Crippen LogP contribution in [-0.2, 0) is 0 Å². The van der Waals surface area contributed by atoms with Crippen LogP contribution in [0.5, 0.6) is 0 Å². The van der Waals surface area contributed by atoms with Gasteiger partial charge in [0.25, 0.3) is 0 Å². The molecule has 3 atom stereocenters. The standard InChI is InChI=1S/C17H25Br/c1-3-5-11-17(4-2,13-18)16-12-15(16)14-9-7-6-8-10-14/h6-10,15-16H,3-5,11-13H2,1-2H3. The van der Waals surface area contributed by atoms with Crippen molar-refractivity contribution in [2.75, 3.05) is 5.33 Å². The molecule has 1 fully saturated rings. The fourth-order valence-corrected chi connectivity index (χ4v) is 4.45. The summed E-state index contributed by atoms with van der Waals surface area (Å²) in [4.78, 5) is 0. The maximum Gasteiger partial charge on any atom is 0.00907 e. The Labute approximate surface area is 120 Å². The van der Waals surface area contributed by atoms with Crippen LogP contribution in [-0.4, -0.2) is 5.33 Å². The first-order valence-corrected chi connectivity index (χ1v) is 8.50. The summed E-state index contributed by atoms with van der Waals surface area (Å²) >= 11 is 3.80. The number of benzene rings is 1. The molecule has 2 rings (SSSR count). The quantitative estimate of drug-likeness (QED) is 0.561. The molecule has 1 aliphatic rings. The van der Waals surface area contributed by atoms with E-state index in [1.807, 2.05) is 0 Å². The molecule has 1 aliphatic carbocycles. The van der Waals surface area contributed by atoms with Crippen molar-refractivity contribution in [1.82, 2.24) is 0 Å². The van der Waals surface area contributed by atoms with Crippen LogP contribution >= 0.6 is 15.9 Å². The third-order valence-electron chi connectivity index (χ3n) is 4.80. The van der Waals surface area contributed by atoms with E-state index in [4.69, 9.17) is 0 Å². The van der Waals surface area contributed by atoms with Crippen LogP contribution in [0, 0.1) is 11.3 Å². The molecule has 0 heterocycles. The zero-order valence-electron chi connectivity index (χ0n) is 11.7. The Morgan fingerprint density at radius 1 is 1.22 bits per heavy atom. The van der Waals surface area contributed by atoms with Gasteiger partial charge in [-0.2, -0.15) is 0 Å². The molecular formula is C17H25Br. The fraction of sp³-hybridized carbons (Fsp3) is 0.647. The number of unbranched alkanes of at least 4 members (excludes halogenated alkanes) is 1. The van der Waals surface area contributed by atoms with E-state index in [0.717, 1.165) is 11.8 Å². The number of alkyl halides is 1. The van der Waals surface area contributed by atoms with Crippen molar-refractivity contribution >= 4 is 15.9 Å². The van der Waals surface area contributed by atoms with E-state index in [-0.39, 0.29) is 0 Å². The van der Waals surface area contributed by atoms with Gasteiger partial charge in [-0.1, -0.05) is 73.0 Å². The summed E-state index contributed by atoms with van der Waals surface area (Å²) in [5.41, 5.74) is 2.09. The number of rotatable bonds is 7. The maximum atomic E-state index is 3.80. The van der Waals surface area contributed by atoms with Gasteiger partial charge >= 0.3 is 0 Å². The van der Waals surface area contributed by atoms with Gasteiger partial charge in [0, 0.05) is 5.33 Å².